The molecule has 1 aromatic heterocycles. The summed E-state index contributed by atoms with van der Waals surface area (Å²) in [5.74, 6) is 0.882. The van der Waals surface area contributed by atoms with Gasteiger partial charge in [0.15, 0.2) is 0 Å². The highest BCUT2D eigenvalue weighted by Gasteiger charge is 2.27. The predicted octanol–water partition coefficient (Wildman–Crippen LogP) is 3.00. The van der Waals surface area contributed by atoms with Crippen LogP contribution in [0.25, 0.3) is 0 Å². The third-order valence-electron chi connectivity index (χ3n) is 3.13. The van der Waals surface area contributed by atoms with Gasteiger partial charge >= 0.3 is 0 Å². The molecular formula is C13H19BrN2. The normalized spacial score (nSPS) is 24.5. The number of pyridine rings is 1. The zero-order chi connectivity index (χ0) is 11.5. The van der Waals surface area contributed by atoms with Crippen LogP contribution in [0.2, 0.25) is 0 Å². The molecule has 1 fully saturated rings. The summed E-state index contributed by atoms with van der Waals surface area (Å²) in [6, 6.07) is 2.22. The van der Waals surface area contributed by atoms with Crippen molar-refractivity contribution >= 4 is 15.9 Å². The lowest BCUT2D eigenvalue weighted by Crippen LogP contribution is -2.34. The average molecular weight is 283 g/mol. The van der Waals surface area contributed by atoms with Gasteiger partial charge in [0.05, 0.1) is 0 Å². The minimum Gasteiger partial charge on any atom is -0.302 e. The molecule has 0 saturated heterocycles. The smallest absolute Gasteiger partial charge is 0.0313 e. The van der Waals surface area contributed by atoms with Crippen molar-refractivity contribution in [1.29, 1.82) is 0 Å². The zero-order valence-electron chi connectivity index (χ0n) is 9.99. The monoisotopic (exact) mass is 282 g/mol. The number of hydrogen-bond donors (Lipinski definition) is 0. The molecule has 0 aromatic carbocycles. The first-order chi connectivity index (χ1) is 7.63. The summed E-state index contributed by atoms with van der Waals surface area (Å²) in [5.41, 5.74) is 2.56. The highest BCUT2D eigenvalue weighted by Crippen LogP contribution is 2.33. The molecule has 1 heterocycles. The molecule has 3 heteroatoms. The van der Waals surface area contributed by atoms with Crippen LogP contribution in [0.1, 0.15) is 24.0 Å². The fourth-order valence-corrected chi connectivity index (χ4v) is 3.38. The third kappa shape index (κ3) is 3.29. The lowest BCUT2D eigenvalue weighted by Gasteiger charge is -2.34. The molecule has 0 amide bonds. The number of alkyl halides is 1. The molecule has 2 rings (SSSR count). The Morgan fingerprint density at radius 1 is 1.44 bits per heavy atom. The Morgan fingerprint density at radius 2 is 2.19 bits per heavy atom. The molecule has 0 radical (unpaired) electrons. The molecule has 1 aromatic rings. The van der Waals surface area contributed by atoms with E-state index in [0.29, 0.717) is 0 Å². The summed E-state index contributed by atoms with van der Waals surface area (Å²) in [5, 5.41) is 0. The van der Waals surface area contributed by atoms with Crippen LogP contribution in [-0.2, 0) is 6.54 Å². The molecule has 0 bridgehead atoms. The lowest BCUT2D eigenvalue weighted by atomic mass is 9.85. The van der Waals surface area contributed by atoms with Crippen molar-refractivity contribution in [3.8, 4) is 0 Å². The van der Waals surface area contributed by atoms with Crippen molar-refractivity contribution in [3.63, 3.8) is 0 Å². The maximum absolute atomic E-state index is 4.23. The summed E-state index contributed by atoms with van der Waals surface area (Å²) in [6.45, 7) is 4.31. The Labute approximate surface area is 106 Å². The largest absolute Gasteiger partial charge is 0.302 e. The molecule has 0 unspecified atom stereocenters. The second-order valence-corrected chi connectivity index (χ2v) is 6.30. The van der Waals surface area contributed by atoms with E-state index in [1.165, 1.54) is 30.5 Å². The van der Waals surface area contributed by atoms with Gasteiger partial charge in [0.1, 0.15) is 0 Å². The second-order valence-electron chi connectivity index (χ2n) is 5.00. The van der Waals surface area contributed by atoms with Crippen molar-refractivity contribution in [1.82, 2.24) is 9.88 Å². The van der Waals surface area contributed by atoms with Crippen LogP contribution in [-0.4, -0.2) is 28.3 Å². The van der Waals surface area contributed by atoms with E-state index in [0.717, 1.165) is 17.3 Å². The number of aryl methyl sites for hydroxylation is 1. The van der Waals surface area contributed by atoms with E-state index in [1.54, 1.807) is 0 Å². The van der Waals surface area contributed by atoms with Gasteiger partial charge < -0.3 is 4.90 Å². The summed E-state index contributed by atoms with van der Waals surface area (Å²) in [7, 11) is 2.20. The Hall–Kier alpha value is -0.410. The number of halogens is 1. The fraction of sp³-hybridized carbons (Fsp3) is 0.615. The van der Waals surface area contributed by atoms with Crippen molar-refractivity contribution in [3.05, 3.63) is 29.6 Å². The summed E-state index contributed by atoms with van der Waals surface area (Å²) in [6.07, 6.45) is 6.54. The maximum atomic E-state index is 4.23. The van der Waals surface area contributed by atoms with Crippen LogP contribution in [0.3, 0.4) is 0 Å². The van der Waals surface area contributed by atoms with Gasteiger partial charge in [-0.15, -0.1) is 0 Å². The van der Waals surface area contributed by atoms with Crippen molar-refractivity contribution < 1.29 is 0 Å². The Balaban J connectivity index is 1.80. The van der Waals surface area contributed by atoms with Crippen LogP contribution in [0.5, 0.6) is 0 Å². The van der Waals surface area contributed by atoms with E-state index >= 15 is 0 Å². The second kappa shape index (κ2) is 5.28. The van der Waals surface area contributed by atoms with Gasteiger partial charge in [-0.1, -0.05) is 22.0 Å². The minimum absolute atomic E-state index is 0.770. The molecule has 0 atom stereocenters. The van der Waals surface area contributed by atoms with Crippen molar-refractivity contribution in [2.75, 3.05) is 13.6 Å². The topological polar surface area (TPSA) is 16.1 Å². The van der Waals surface area contributed by atoms with Crippen LogP contribution >= 0.6 is 15.9 Å². The zero-order valence-corrected chi connectivity index (χ0v) is 11.6. The maximum Gasteiger partial charge on any atom is 0.0313 e. The van der Waals surface area contributed by atoms with Gasteiger partial charge in [-0.05, 0) is 43.9 Å². The molecule has 0 N–H and O–H groups in total. The van der Waals surface area contributed by atoms with Gasteiger partial charge in [0, 0.05) is 30.3 Å². The highest BCUT2D eigenvalue weighted by atomic mass is 79.9. The van der Waals surface area contributed by atoms with Crippen LogP contribution in [0.4, 0.5) is 0 Å². The van der Waals surface area contributed by atoms with E-state index in [4.69, 9.17) is 0 Å². The highest BCUT2D eigenvalue weighted by molar-refractivity contribution is 9.09. The van der Waals surface area contributed by atoms with E-state index in [2.05, 4.69) is 45.9 Å². The predicted molar refractivity (Wildman–Crippen MR) is 70.7 cm³/mol. The molecule has 1 aliphatic rings. The molecule has 0 aliphatic heterocycles. The Morgan fingerprint density at radius 3 is 2.81 bits per heavy atom. The summed E-state index contributed by atoms with van der Waals surface area (Å²) in [4.78, 5) is 7.40. The van der Waals surface area contributed by atoms with E-state index in [9.17, 15) is 0 Å². The number of hydrogen-bond acceptors (Lipinski definition) is 2. The van der Waals surface area contributed by atoms with Gasteiger partial charge in [-0.3, -0.25) is 4.98 Å². The van der Waals surface area contributed by atoms with Crippen molar-refractivity contribution in [2.45, 2.75) is 31.1 Å². The SMILES string of the molecule is Cc1cncc(CN(C)CC2CC(Br)C2)c1. The molecule has 0 spiro atoms. The first-order valence-electron chi connectivity index (χ1n) is 5.86. The molecule has 1 aliphatic carbocycles. The third-order valence-corrected chi connectivity index (χ3v) is 3.88. The van der Waals surface area contributed by atoms with E-state index in [-0.39, 0.29) is 0 Å². The van der Waals surface area contributed by atoms with E-state index in [1.807, 2.05) is 12.4 Å². The van der Waals surface area contributed by atoms with Crippen LogP contribution in [0, 0.1) is 12.8 Å². The van der Waals surface area contributed by atoms with E-state index < -0.39 is 0 Å². The summed E-state index contributed by atoms with van der Waals surface area (Å²) >= 11 is 3.64. The van der Waals surface area contributed by atoms with Crippen molar-refractivity contribution in [2.24, 2.45) is 5.92 Å². The molecular weight excluding hydrogens is 264 g/mol. The van der Waals surface area contributed by atoms with Crippen LogP contribution in [0.15, 0.2) is 18.5 Å². The van der Waals surface area contributed by atoms with Gasteiger partial charge in [0.25, 0.3) is 0 Å². The Bertz CT molecular complexity index is 348. The fourth-order valence-electron chi connectivity index (χ4n) is 2.32. The average Bonchev–Trinajstić information content (AvgIpc) is 2.15. The van der Waals surface area contributed by atoms with Crippen LogP contribution < -0.4 is 0 Å². The minimum atomic E-state index is 0.770. The first-order valence-corrected chi connectivity index (χ1v) is 6.78. The molecule has 2 nitrogen and oxygen atoms in total. The summed E-state index contributed by atoms with van der Waals surface area (Å²) < 4.78 is 0. The lowest BCUT2D eigenvalue weighted by molar-refractivity contribution is 0.208. The molecule has 1 saturated carbocycles. The molecule has 16 heavy (non-hydrogen) atoms. The first kappa shape index (κ1) is 12.1. The van der Waals surface area contributed by atoms with Gasteiger partial charge in [0.2, 0.25) is 0 Å². The number of nitrogens with zero attached hydrogens (tertiary/aromatic N) is 2. The number of aromatic nitrogens is 1. The van der Waals surface area contributed by atoms with Gasteiger partial charge in [-0.2, -0.15) is 0 Å². The van der Waals surface area contributed by atoms with Gasteiger partial charge in [-0.25, -0.2) is 0 Å². The number of rotatable bonds is 4. The standard InChI is InChI=1S/C13H19BrN2/c1-10-3-12(7-15-6-10)9-16(2)8-11-4-13(14)5-11/h3,6-7,11,13H,4-5,8-9H2,1-2H3. The quantitative estimate of drug-likeness (QED) is 0.790. The molecule has 88 valence electrons. The Kier molecular flexibility index (Phi) is 3.98.